The number of anilines is 2. The summed E-state index contributed by atoms with van der Waals surface area (Å²) in [6.45, 7) is 2.21. The number of hydrogen-bond donors (Lipinski definition) is 2. The highest BCUT2D eigenvalue weighted by molar-refractivity contribution is 6.10. The molecule has 0 bridgehead atoms. The zero-order valence-corrected chi connectivity index (χ0v) is 19.5. The van der Waals surface area contributed by atoms with Crippen molar-refractivity contribution in [3.63, 3.8) is 0 Å². The second-order valence-corrected chi connectivity index (χ2v) is 7.05. The molecule has 2 aromatic rings. The molecule has 0 aliphatic heterocycles. The minimum atomic E-state index is -0.808. The van der Waals surface area contributed by atoms with Crippen molar-refractivity contribution in [3.05, 3.63) is 70.9 Å². The molecule has 0 aromatic heterocycles. The summed E-state index contributed by atoms with van der Waals surface area (Å²) < 4.78 is 14.6. The number of ether oxygens (including phenoxy) is 3. The van der Waals surface area contributed by atoms with Crippen molar-refractivity contribution >= 4 is 35.2 Å². The summed E-state index contributed by atoms with van der Waals surface area (Å²) in [6, 6.07) is 12.0. The molecule has 182 valence electrons. The molecule has 2 rings (SSSR count). The zero-order valence-electron chi connectivity index (χ0n) is 19.5. The van der Waals surface area contributed by atoms with Crippen LogP contribution in [0.3, 0.4) is 0 Å². The summed E-state index contributed by atoms with van der Waals surface area (Å²) in [5.41, 5.74) is 0.256. The molecular formula is C25H25N3O7. The maximum atomic E-state index is 12.7. The van der Waals surface area contributed by atoms with Gasteiger partial charge in [-0.15, -0.1) is 0 Å². The lowest BCUT2D eigenvalue weighted by molar-refractivity contribution is -0.112. The number of unbranched alkanes of at least 4 members (excludes halogenated alkanes) is 1. The number of nitriles is 1. The SMILES string of the molecule is CCCCOC(=O)c1ccccc1NC(=O)/C(C#N)=C\Nc1cc(C(=O)OC)ccc1C(=O)OC. The van der Waals surface area contributed by atoms with E-state index in [1.165, 1.54) is 44.6 Å². The number of hydrogen-bond acceptors (Lipinski definition) is 9. The van der Waals surface area contributed by atoms with E-state index < -0.39 is 23.8 Å². The van der Waals surface area contributed by atoms with Gasteiger partial charge in [-0.05, 0) is 36.8 Å². The van der Waals surface area contributed by atoms with Crippen LogP contribution in [0.4, 0.5) is 11.4 Å². The van der Waals surface area contributed by atoms with Gasteiger partial charge in [0.15, 0.2) is 0 Å². The fraction of sp³-hybridized carbons (Fsp3) is 0.240. The quantitative estimate of drug-likeness (QED) is 0.171. The van der Waals surface area contributed by atoms with Crippen LogP contribution in [0, 0.1) is 11.3 Å². The van der Waals surface area contributed by atoms with E-state index in [-0.39, 0.29) is 40.2 Å². The summed E-state index contributed by atoms with van der Waals surface area (Å²) in [5, 5.41) is 14.7. The third-order valence-corrected chi connectivity index (χ3v) is 4.71. The average molecular weight is 479 g/mol. The van der Waals surface area contributed by atoms with Gasteiger partial charge in [0.25, 0.3) is 5.91 Å². The first kappa shape index (κ1) is 26.6. The van der Waals surface area contributed by atoms with Crippen molar-refractivity contribution in [2.24, 2.45) is 0 Å². The average Bonchev–Trinajstić information content (AvgIpc) is 2.88. The van der Waals surface area contributed by atoms with Crippen molar-refractivity contribution in [1.82, 2.24) is 0 Å². The van der Waals surface area contributed by atoms with Crippen LogP contribution in [-0.4, -0.2) is 44.6 Å². The van der Waals surface area contributed by atoms with Gasteiger partial charge < -0.3 is 24.8 Å². The van der Waals surface area contributed by atoms with Crippen LogP contribution in [0.1, 0.15) is 50.8 Å². The predicted octanol–water partition coefficient (Wildman–Crippen LogP) is 3.67. The standard InChI is InChI=1S/C25H25N3O7/c1-4-5-12-35-25(32)18-8-6-7-9-20(18)28-22(29)17(14-26)15-27-21-13-16(23(30)33-2)10-11-19(21)24(31)34-3/h6-11,13,15,27H,4-5,12H2,1-3H3,(H,28,29)/b17-15-. The molecule has 0 atom stereocenters. The molecule has 10 nitrogen and oxygen atoms in total. The first-order valence-electron chi connectivity index (χ1n) is 10.6. The number of rotatable bonds is 10. The predicted molar refractivity (Wildman–Crippen MR) is 127 cm³/mol. The molecule has 2 aromatic carbocycles. The molecule has 1 amide bonds. The van der Waals surface area contributed by atoms with E-state index in [4.69, 9.17) is 9.47 Å². The fourth-order valence-corrected chi connectivity index (χ4v) is 2.84. The number of carbonyl (C=O) groups is 4. The molecule has 0 radical (unpaired) electrons. The van der Waals surface area contributed by atoms with Gasteiger partial charge in [0.05, 0.1) is 48.9 Å². The molecule has 2 N–H and O–H groups in total. The van der Waals surface area contributed by atoms with Gasteiger partial charge in [-0.25, -0.2) is 14.4 Å². The highest BCUT2D eigenvalue weighted by Gasteiger charge is 2.18. The smallest absolute Gasteiger partial charge is 0.340 e. The normalized spacial score (nSPS) is 10.5. The Hall–Kier alpha value is -4.65. The number of para-hydroxylation sites is 1. The summed E-state index contributed by atoms with van der Waals surface area (Å²) in [7, 11) is 2.40. The number of methoxy groups -OCH3 is 2. The Labute approximate surface area is 202 Å². The molecule has 0 spiro atoms. The van der Waals surface area contributed by atoms with Crippen LogP contribution >= 0.6 is 0 Å². The zero-order chi connectivity index (χ0) is 25.8. The van der Waals surface area contributed by atoms with E-state index in [0.29, 0.717) is 6.42 Å². The number of nitrogens with zero attached hydrogens (tertiary/aromatic N) is 1. The van der Waals surface area contributed by atoms with Crippen LogP contribution in [0.15, 0.2) is 54.2 Å². The van der Waals surface area contributed by atoms with Gasteiger partial charge >= 0.3 is 17.9 Å². The molecule has 10 heteroatoms. The third-order valence-electron chi connectivity index (χ3n) is 4.71. The van der Waals surface area contributed by atoms with Crippen LogP contribution in [0.25, 0.3) is 0 Å². The number of nitrogens with one attached hydrogen (secondary N) is 2. The Morgan fingerprint density at radius 3 is 2.29 bits per heavy atom. The summed E-state index contributed by atoms with van der Waals surface area (Å²) in [6.07, 6.45) is 2.63. The first-order chi connectivity index (χ1) is 16.9. The second kappa shape index (κ2) is 13.2. The molecule has 0 unspecified atom stereocenters. The minimum Gasteiger partial charge on any atom is -0.465 e. The van der Waals surface area contributed by atoms with Crippen LogP contribution in [-0.2, 0) is 19.0 Å². The molecule has 0 saturated heterocycles. The maximum absolute atomic E-state index is 12.7. The Bertz CT molecular complexity index is 1180. The number of amides is 1. The Morgan fingerprint density at radius 2 is 1.63 bits per heavy atom. The summed E-state index contributed by atoms with van der Waals surface area (Å²) in [4.78, 5) is 49.0. The van der Waals surface area contributed by atoms with Gasteiger partial charge in [0.1, 0.15) is 11.6 Å². The first-order valence-corrected chi connectivity index (χ1v) is 10.6. The number of carbonyl (C=O) groups excluding carboxylic acids is 4. The van der Waals surface area contributed by atoms with E-state index >= 15 is 0 Å². The highest BCUT2D eigenvalue weighted by Crippen LogP contribution is 2.21. The van der Waals surface area contributed by atoms with E-state index in [1.807, 2.05) is 6.92 Å². The summed E-state index contributed by atoms with van der Waals surface area (Å²) >= 11 is 0. The van der Waals surface area contributed by atoms with Crippen LogP contribution in [0.2, 0.25) is 0 Å². The maximum Gasteiger partial charge on any atom is 0.340 e. The van der Waals surface area contributed by atoms with Crippen molar-refractivity contribution in [2.45, 2.75) is 19.8 Å². The lowest BCUT2D eigenvalue weighted by atomic mass is 10.1. The van der Waals surface area contributed by atoms with Crippen LogP contribution < -0.4 is 10.6 Å². The molecule has 0 saturated carbocycles. The van der Waals surface area contributed by atoms with Crippen molar-refractivity contribution in [2.75, 3.05) is 31.5 Å². The Kier molecular flexibility index (Phi) is 10.00. The minimum absolute atomic E-state index is 0.0641. The van der Waals surface area contributed by atoms with Gasteiger partial charge in [-0.2, -0.15) is 5.26 Å². The third kappa shape index (κ3) is 7.17. The number of benzene rings is 2. The largest absolute Gasteiger partial charge is 0.465 e. The Balaban J connectivity index is 2.28. The lowest BCUT2D eigenvalue weighted by Crippen LogP contribution is -2.18. The van der Waals surface area contributed by atoms with Crippen molar-refractivity contribution < 1.29 is 33.4 Å². The van der Waals surface area contributed by atoms with Gasteiger partial charge in [0, 0.05) is 6.20 Å². The highest BCUT2D eigenvalue weighted by atomic mass is 16.5. The van der Waals surface area contributed by atoms with Gasteiger partial charge in [0.2, 0.25) is 0 Å². The topological polar surface area (TPSA) is 144 Å². The van der Waals surface area contributed by atoms with E-state index in [9.17, 15) is 24.4 Å². The van der Waals surface area contributed by atoms with E-state index in [1.54, 1.807) is 18.2 Å². The second-order valence-electron chi connectivity index (χ2n) is 7.05. The molecule has 0 heterocycles. The fourth-order valence-electron chi connectivity index (χ4n) is 2.84. The Morgan fingerprint density at radius 1 is 0.943 bits per heavy atom. The molecule has 0 aliphatic rings. The monoisotopic (exact) mass is 479 g/mol. The van der Waals surface area contributed by atoms with Crippen LogP contribution in [0.5, 0.6) is 0 Å². The molecule has 0 aliphatic carbocycles. The summed E-state index contributed by atoms with van der Waals surface area (Å²) in [5.74, 6) is -2.75. The number of esters is 3. The van der Waals surface area contributed by atoms with E-state index in [2.05, 4.69) is 15.4 Å². The van der Waals surface area contributed by atoms with Gasteiger partial charge in [-0.3, -0.25) is 4.79 Å². The molecule has 35 heavy (non-hydrogen) atoms. The molecular weight excluding hydrogens is 454 g/mol. The van der Waals surface area contributed by atoms with Gasteiger partial charge in [-0.1, -0.05) is 25.5 Å². The molecule has 0 fully saturated rings. The van der Waals surface area contributed by atoms with Crippen molar-refractivity contribution in [3.8, 4) is 6.07 Å². The van der Waals surface area contributed by atoms with E-state index in [0.717, 1.165) is 12.6 Å². The lowest BCUT2D eigenvalue weighted by Gasteiger charge is -2.12. The van der Waals surface area contributed by atoms with Crippen molar-refractivity contribution in [1.29, 1.82) is 5.26 Å².